The van der Waals surface area contributed by atoms with Crippen LogP contribution in [0.4, 0.5) is 4.39 Å². The van der Waals surface area contributed by atoms with Gasteiger partial charge >= 0.3 is 0 Å². The molecule has 0 radical (unpaired) electrons. The molecule has 1 N–H and O–H groups in total. The van der Waals surface area contributed by atoms with Crippen molar-refractivity contribution in [2.45, 2.75) is 12.5 Å². The maximum absolute atomic E-state index is 13.1. The molecule has 1 aromatic heterocycles. The molecule has 0 amide bonds. The van der Waals surface area contributed by atoms with Crippen molar-refractivity contribution < 1.29 is 4.39 Å². The van der Waals surface area contributed by atoms with Crippen LogP contribution in [-0.4, -0.2) is 16.8 Å². The van der Waals surface area contributed by atoms with Gasteiger partial charge in [-0.05, 0) is 30.8 Å². The molecule has 0 spiro atoms. The first-order valence-corrected chi connectivity index (χ1v) is 7.02. The van der Waals surface area contributed by atoms with E-state index in [0.29, 0.717) is 0 Å². The third-order valence-corrected chi connectivity index (χ3v) is 3.85. The number of nitrogens with zero attached hydrogens (tertiary/aromatic N) is 2. The van der Waals surface area contributed by atoms with Crippen LogP contribution < -0.4 is 5.32 Å². The molecule has 1 atom stereocenters. The highest BCUT2D eigenvalue weighted by Gasteiger charge is 2.15. The van der Waals surface area contributed by atoms with Crippen molar-refractivity contribution in [1.82, 2.24) is 15.1 Å². The van der Waals surface area contributed by atoms with Gasteiger partial charge in [-0.3, -0.25) is 4.68 Å². The van der Waals surface area contributed by atoms with Gasteiger partial charge in [-0.25, -0.2) is 4.39 Å². The van der Waals surface area contributed by atoms with Crippen molar-refractivity contribution in [1.29, 1.82) is 0 Å². The summed E-state index contributed by atoms with van der Waals surface area (Å²) in [5.74, 6) is -0.211. The van der Waals surface area contributed by atoms with E-state index in [1.165, 1.54) is 17.5 Å². The molecule has 3 nitrogen and oxygen atoms in total. The average molecular weight is 283 g/mol. The quantitative estimate of drug-likeness (QED) is 0.797. The summed E-state index contributed by atoms with van der Waals surface area (Å²) < 4.78 is 15.0. The molecule has 21 heavy (non-hydrogen) atoms. The summed E-state index contributed by atoms with van der Waals surface area (Å²) in [5.41, 5.74) is 3.24. The Bertz CT molecular complexity index is 746. The zero-order chi connectivity index (χ0) is 14.8. The summed E-state index contributed by atoms with van der Waals surface area (Å²) >= 11 is 0. The predicted octanol–water partition coefficient (Wildman–Crippen LogP) is 3.22. The second-order valence-electron chi connectivity index (χ2n) is 5.18. The Kier molecular flexibility index (Phi) is 3.71. The monoisotopic (exact) mass is 283 g/mol. The molecule has 3 rings (SSSR count). The first-order valence-electron chi connectivity index (χ1n) is 7.02. The Morgan fingerprint density at radius 3 is 2.57 bits per heavy atom. The maximum Gasteiger partial charge on any atom is 0.123 e. The van der Waals surface area contributed by atoms with E-state index in [1.54, 1.807) is 0 Å². The lowest BCUT2D eigenvalue weighted by Crippen LogP contribution is -2.19. The lowest BCUT2D eigenvalue weighted by Gasteiger charge is -2.15. The first-order chi connectivity index (χ1) is 10.2. The number of benzene rings is 2. The highest BCUT2D eigenvalue weighted by molar-refractivity contribution is 5.81. The number of hydrogen-bond donors (Lipinski definition) is 1. The standard InChI is InChI=1S/C17H18FN3/c1-19-15(12-7-9-13(18)10-8-12)11-16-14-5-3-4-6-17(14)21(2)20-16/h3-10,15,19H,11H2,1-2H3. The smallest absolute Gasteiger partial charge is 0.123 e. The van der Waals surface area contributed by atoms with Crippen LogP contribution in [0.15, 0.2) is 48.5 Å². The summed E-state index contributed by atoms with van der Waals surface area (Å²) in [6.45, 7) is 0. The highest BCUT2D eigenvalue weighted by Crippen LogP contribution is 2.23. The summed E-state index contributed by atoms with van der Waals surface area (Å²) in [7, 11) is 3.87. The van der Waals surface area contributed by atoms with Gasteiger partial charge in [0.05, 0.1) is 11.2 Å². The second kappa shape index (κ2) is 5.66. The van der Waals surface area contributed by atoms with E-state index in [1.807, 2.05) is 43.0 Å². The molecule has 1 unspecified atom stereocenters. The summed E-state index contributed by atoms with van der Waals surface area (Å²) in [6.07, 6.45) is 0.767. The molecule has 0 fully saturated rings. The fourth-order valence-electron chi connectivity index (χ4n) is 2.71. The van der Waals surface area contributed by atoms with Crippen molar-refractivity contribution in [3.63, 3.8) is 0 Å². The van der Waals surface area contributed by atoms with Gasteiger partial charge in [0.25, 0.3) is 0 Å². The number of nitrogens with one attached hydrogen (secondary N) is 1. The molecule has 0 saturated heterocycles. The van der Waals surface area contributed by atoms with Crippen LogP contribution >= 0.6 is 0 Å². The van der Waals surface area contributed by atoms with E-state index >= 15 is 0 Å². The maximum atomic E-state index is 13.1. The number of hydrogen-bond acceptors (Lipinski definition) is 2. The minimum Gasteiger partial charge on any atom is -0.313 e. The molecular formula is C17H18FN3. The number of para-hydroxylation sites is 1. The Morgan fingerprint density at radius 1 is 1.14 bits per heavy atom. The molecule has 3 aromatic rings. The third kappa shape index (κ3) is 2.67. The third-order valence-electron chi connectivity index (χ3n) is 3.85. The number of fused-ring (bicyclic) bond motifs is 1. The number of aromatic nitrogens is 2. The zero-order valence-corrected chi connectivity index (χ0v) is 12.2. The van der Waals surface area contributed by atoms with Gasteiger partial charge in [0.15, 0.2) is 0 Å². The van der Waals surface area contributed by atoms with Crippen molar-refractivity contribution in [3.8, 4) is 0 Å². The van der Waals surface area contributed by atoms with Gasteiger partial charge in [0.2, 0.25) is 0 Å². The number of halogens is 1. The second-order valence-corrected chi connectivity index (χ2v) is 5.18. The largest absolute Gasteiger partial charge is 0.313 e. The molecule has 0 aliphatic rings. The fraction of sp³-hybridized carbons (Fsp3) is 0.235. The molecule has 2 aromatic carbocycles. The molecule has 0 aliphatic carbocycles. The average Bonchev–Trinajstić information content (AvgIpc) is 2.83. The van der Waals surface area contributed by atoms with Crippen molar-refractivity contribution in [3.05, 3.63) is 65.6 Å². The van der Waals surface area contributed by atoms with Crippen molar-refractivity contribution >= 4 is 10.9 Å². The molecule has 0 bridgehead atoms. The van der Waals surface area contributed by atoms with Gasteiger partial charge in [0, 0.05) is 24.9 Å². The van der Waals surface area contributed by atoms with Gasteiger partial charge in [0.1, 0.15) is 5.82 Å². The predicted molar refractivity (Wildman–Crippen MR) is 82.6 cm³/mol. The molecule has 0 saturated carbocycles. The highest BCUT2D eigenvalue weighted by atomic mass is 19.1. The van der Waals surface area contributed by atoms with Gasteiger partial charge < -0.3 is 5.32 Å². The summed E-state index contributed by atoms with van der Waals surface area (Å²) in [4.78, 5) is 0. The van der Waals surface area contributed by atoms with E-state index in [9.17, 15) is 4.39 Å². The summed E-state index contributed by atoms with van der Waals surface area (Å²) in [6, 6.07) is 15.0. The number of rotatable bonds is 4. The number of likely N-dealkylation sites (N-methyl/N-ethyl adjacent to an activating group) is 1. The van der Waals surface area contributed by atoms with Gasteiger partial charge in [-0.15, -0.1) is 0 Å². The minimum absolute atomic E-state index is 0.115. The van der Waals surface area contributed by atoms with Crippen molar-refractivity contribution in [2.24, 2.45) is 7.05 Å². The lowest BCUT2D eigenvalue weighted by atomic mass is 10.0. The Morgan fingerprint density at radius 2 is 1.86 bits per heavy atom. The lowest BCUT2D eigenvalue weighted by molar-refractivity contribution is 0.575. The van der Waals surface area contributed by atoms with Crippen LogP contribution in [0, 0.1) is 5.82 Å². The van der Waals surface area contributed by atoms with Crippen LogP contribution in [-0.2, 0) is 13.5 Å². The van der Waals surface area contributed by atoms with Gasteiger partial charge in [-0.2, -0.15) is 5.10 Å². The normalized spacial score (nSPS) is 12.7. The first kappa shape index (κ1) is 13.8. The molecular weight excluding hydrogens is 265 g/mol. The van der Waals surface area contributed by atoms with E-state index in [-0.39, 0.29) is 11.9 Å². The van der Waals surface area contributed by atoms with E-state index in [0.717, 1.165) is 23.2 Å². The Balaban J connectivity index is 1.94. The Labute approximate surface area is 123 Å². The minimum atomic E-state index is -0.211. The van der Waals surface area contributed by atoms with E-state index in [2.05, 4.69) is 22.5 Å². The summed E-state index contributed by atoms with van der Waals surface area (Å²) in [5, 5.41) is 9.08. The molecule has 108 valence electrons. The van der Waals surface area contributed by atoms with Crippen LogP contribution in [0.25, 0.3) is 10.9 Å². The zero-order valence-electron chi connectivity index (χ0n) is 12.2. The topological polar surface area (TPSA) is 29.9 Å². The Hall–Kier alpha value is -2.20. The van der Waals surface area contributed by atoms with Crippen LogP contribution in [0.2, 0.25) is 0 Å². The van der Waals surface area contributed by atoms with Crippen molar-refractivity contribution in [2.75, 3.05) is 7.05 Å². The van der Waals surface area contributed by atoms with E-state index < -0.39 is 0 Å². The molecule has 1 heterocycles. The molecule has 4 heteroatoms. The van der Waals surface area contributed by atoms with Crippen LogP contribution in [0.1, 0.15) is 17.3 Å². The van der Waals surface area contributed by atoms with Crippen LogP contribution in [0.3, 0.4) is 0 Å². The van der Waals surface area contributed by atoms with Crippen LogP contribution in [0.5, 0.6) is 0 Å². The fourth-order valence-corrected chi connectivity index (χ4v) is 2.71. The number of aryl methyl sites for hydroxylation is 1. The SMILES string of the molecule is CNC(Cc1nn(C)c2ccccc12)c1ccc(F)cc1. The van der Waals surface area contributed by atoms with Gasteiger partial charge in [-0.1, -0.05) is 30.3 Å². The molecule has 0 aliphatic heterocycles. The van der Waals surface area contributed by atoms with E-state index in [4.69, 9.17) is 0 Å².